The molecule has 0 aromatic carbocycles. The van der Waals surface area contributed by atoms with Crippen LogP contribution in [-0.2, 0) is 4.79 Å². The van der Waals surface area contributed by atoms with Gasteiger partial charge in [-0.15, -0.1) is 0 Å². The van der Waals surface area contributed by atoms with Crippen LogP contribution in [0, 0.1) is 5.92 Å². The number of aliphatic carboxylic acids is 1. The molecule has 94 valence electrons. The summed E-state index contributed by atoms with van der Waals surface area (Å²) in [4.78, 5) is 21.7. The van der Waals surface area contributed by atoms with E-state index in [1.807, 2.05) is 0 Å². The molecule has 0 fully saturated rings. The fraction of sp³-hybridized carbons (Fsp3) is 0.818. The van der Waals surface area contributed by atoms with E-state index in [2.05, 4.69) is 17.6 Å². The number of rotatable bonds is 8. The minimum atomic E-state index is -0.829. The van der Waals surface area contributed by atoms with Crippen molar-refractivity contribution in [2.45, 2.75) is 39.5 Å². The number of urea groups is 1. The van der Waals surface area contributed by atoms with Gasteiger partial charge in [0, 0.05) is 13.1 Å². The molecule has 0 radical (unpaired) electrons. The first-order valence-electron chi connectivity index (χ1n) is 5.82. The number of carboxylic acid groups (broad SMARTS) is 1. The number of hydrogen-bond donors (Lipinski definition) is 3. The van der Waals surface area contributed by atoms with E-state index in [1.54, 1.807) is 6.92 Å². The van der Waals surface area contributed by atoms with Crippen LogP contribution in [0.2, 0.25) is 0 Å². The molecular formula is C11H22N2O3. The minimum absolute atomic E-state index is 0.214. The Kier molecular flexibility index (Phi) is 8.29. The number of nitrogens with one attached hydrogen (secondary N) is 2. The van der Waals surface area contributed by atoms with Crippen LogP contribution in [0.4, 0.5) is 4.79 Å². The van der Waals surface area contributed by atoms with Crippen molar-refractivity contribution in [3.63, 3.8) is 0 Å². The summed E-state index contributed by atoms with van der Waals surface area (Å²) in [6, 6.07) is -0.214. The molecule has 2 amide bonds. The molecule has 5 heteroatoms. The molecule has 1 atom stereocenters. The smallest absolute Gasteiger partial charge is 0.314 e. The molecule has 0 aliphatic carbocycles. The zero-order valence-corrected chi connectivity index (χ0v) is 10.1. The van der Waals surface area contributed by atoms with Gasteiger partial charge in [0.15, 0.2) is 0 Å². The lowest BCUT2D eigenvalue weighted by Crippen LogP contribution is -2.37. The van der Waals surface area contributed by atoms with Crippen molar-refractivity contribution >= 4 is 12.0 Å². The average molecular weight is 230 g/mol. The fourth-order valence-electron chi connectivity index (χ4n) is 1.17. The van der Waals surface area contributed by atoms with E-state index < -0.39 is 11.9 Å². The second-order valence-electron chi connectivity index (χ2n) is 3.92. The summed E-state index contributed by atoms with van der Waals surface area (Å²) in [6.07, 6.45) is 3.67. The molecule has 0 saturated heterocycles. The van der Waals surface area contributed by atoms with Crippen molar-refractivity contribution in [2.75, 3.05) is 13.1 Å². The number of carbonyl (C=O) groups is 2. The van der Waals surface area contributed by atoms with Crippen molar-refractivity contribution in [3.8, 4) is 0 Å². The van der Waals surface area contributed by atoms with Crippen molar-refractivity contribution in [1.82, 2.24) is 10.6 Å². The standard InChI is InChI=1S/C11H22N2O3/c1-3-4-5-7-12-11(16)13-8-6-9(2)10(14)15/h9H,3-8H2,1-2H3,(H,14,15)(H2,12,13,16). The van der Waals surface area contributed by atoms with E-state index >= 15 is 0 Å². The van der Waals surface area contributed by atoms with Gasteiger partial charge >= 0.3 is 12.0 Å². The van der Waals surface area contributed by atoms with Crippen molar-refractivity contribution < 1.29 is 14.7 Å². The van der Waals surface area contributed by atoms with Crippen LogP contribution >= 0.6 is 0 Å². The largest absolute Gasteiger partial charge is 0.481 e. The van der Waals surface area contributed by atoms with Crippen molar-refractivity contribution in [2.24, 2.45) is 5.92 Å². The third kappa shape index (κ3) is 8.08. The molecule has 0 spiro atoms. The maximum atomic E-state index is 11.2. The molecule has 0 aromatic heterocycles. The number of amides is 2. The minimum Gasteiger partial charge on any atom is -0.481 e. The maximum Gasteiger partial charge on any atom is 0.314 e. The van der Waals surface area contributed by atoms with Gasteiger partial charge in [0.2, 0.25) is 0 Å². The molecule has 5 nitrogen and oxygen atoms in total. The normalized spacial score (nSPS) is 11.9. The Morgan fingerprint density at radius 1 is 1.19 bits per heavy atom. The van der Waals surface area contributed by atoms with E-state index in [-0.39, 0.29) is 6.03 Å². The molecule has 0 aliphatic rings. The van der Waals surface area contributed by atoms with Gasteiger partial charge in [-0.2, -0.15) is 0 Å². The third-order valence-corrected chi connectivity index (χ3v) is 2.35. The number of hydrogen-bond acceptors (Lipinski definition) is 2. The topological polar surface area (TPSA) is 78.4 Å². The fourth-order valence-corrected chi connectivity index (χ4v) is 1.17. The SMILES string of the molecule is CCCCCNC(=O)NCCC(C)C(=O)O. The number of carbonyl (C=O) groups excluding carboxylic acids is 1. The highest BCUT2D eigenvalue weighted by atomic mass is 16.4. The van der Waals surface area contributed by atoms with Crippen LogP contribution in [-0.4, -0.2) is 30.2 Å². The maximum absolute atomic E-state index is 11.2. The second kappa shape index (κ2) is 9.00. The first-order chi connectivity index (χ1) is 7.57. The highest BCUT2D eigenvalue weighted by Gasteiger charge is 2.10. The van der Waals surface area contributed by atoms with Gasteiger partial charge in [0.1, 0.15) is 0 Å². The summed E-state index contributed by atoms with van der Waals surface area (Å²) in [7, 11) is 0. The quantitative estimate of drug-likeness (QED) is 0.554. The van der Waals surface area contributed by atoms with Gasteiger partial charge in [0.05, 0.1) is 5.92 Å². The average Bonchev–Trinajstić information content (AvgIpc) is 2.24. The lowest BCUT2D eigenvalue weighted by Gasteiger charge is -2.09. The molecule has 0 saturated carbocycles. The Morgan fingerprint density at radius 3 is 2.38 bits per heavy atom. The highest BCUT2D eigenvalue weighted by Crippen LogP contribution is 1.99. The van der Waals surface area contributed by atoms with Gasteiger partial charge in [0.25, 0.3) is 0 Å². The van der Waals surface area contributed by atoms with E-state index in [1.165, 1.54) is 0 Å². The first-order valence-corrected chi connectivity index (χ1v) is 5.82. The summed E-state index contributed by atoms with van der Waals surface area (Å²) in [5, 5.41) is 14.0. The third-order valence-electron chi connectivity index (χ3n) is 2.35. The highest BCUT2D eigenvalue weighted by molar-refractivity contribution is 5.74. The summed E-state index contributed by atoms with van der Waals surface area (Å²) in [6.45, 7) is 4.80. The molecule has 0 heterocycles. The van der Waals surface area contributed by atoms with Crippen LogP contribution in [0.25, 0.3) is 0 Å². The Balaban J connectivity index is 3.40. The summed E-state index contributed by atoms with van der Waals surface area (Å²) >= 11 is 0. The zero-order chi connectivity index (χ0) is 12.4. The molecule has 0 aromatic rings. The molecule has 0 aliphatic heterocycles. The second-order valence-corrected chi connectivity index (χ2v) is 3.92. The summed E-state index contributed by atoms with van der Waals surface area (Å²) in [5.74, 6) is -1.24. The zero-order valence-electron chi connectivity index (χ0n) is 10.1. The Hall–Kier alpha value is -1.26. The van der Waals surface area contributed by atoms with Gasteiger partial charge < -0.3 is 15.7 Å². The van der Waals surface area contributed by atoms with E-state index in [0.29, 0.717) is 19.5 Å². The molecule has 3 N–H and O–H groups in total. The predicted octanol–water partition coefficient (Wildman–Crippen LogP) is 1.59. The van der Waals surface area contributed by atoms with Crippen LogP contribution in [0.15, 0.2) is 0 Å². The van der Waals surface area contributed by atoms with Gasteiger partial charge in [-0.1, -0.05) is 26.7 Å². The van der Waals surface area contributed by atoms with E-state index in [4.69, 9.17) is 5.11 Å². The van der Waals surface area contributed by atoms with Crippen LogP contribution in [0.1, 0.15) is 39.5 Å². The van der Waals surface area contributed by atoms with E-state index in [0.717, 1.165) is 19.3 Å². The molecule has 16 heavy (non-hydrogen) atoms. The molecule has 0 bridgehead atoms. The molecular weight excluding hydrogens is 208 g/mol. The van der Waals surface area contributed by atoms with Gasteiger partial charge in [-0.25, -0.2) is 4.79 Å². The Bertz CT molecular complexity index is 219. The predicted molar refractivity (Wildman–Crippen MR) is 62.3 cm³/mol. The summed E-state index contributed by atoms with van der Waals surface area (Å²) in [5.41, 5.74) is 0. The number of unbranched alkanes of at least 4 members (excludes halogenated alkanes) is 2. The first kappa shape index (κ1) is 14.7. The van der Waals surface area contributed by atoms with Gasteiger partial charge in [-0.3, -0.25) is 4.79 Å². The Morgan fingerprint density at radius 2 is 1.81 bits per heavy atom. The lowest BCUT2D eigenvalue weighted by atomic mass is 10.1. The molecule has 0 rings (SSSR count). The van der Waals surface area contributed by atoms with Crippen molar-refractivity contribution in [3.05, 3.63) is 0 Å². The Labute approximate surface area is 96.6 Å². The van der Waals surface area contributed by atoms with E-state index in [9.17, 15) is 9.59 Å². The number of carboxylic acids is 1. The lowest BCUT2D eigenvalue weighted by molar-refractivity contribution is -0.141. The van der Waals surface area contributed by atoms with Crippen molar-refractivity contribution in [1.29, 1.82) is 0 Å². The van der Waals surface area contributed by atoms with Crippen LogP contribution in [0.3, 0.4) is 0 Å². The van der Waals surface area contributed by atoms with Gasteiger partial charge in [-0.05, 0) is 12.8 Å². The van der Waals surface area contributed by atoms with Crippen LogP contribution < -0.4 is 10.6 Å². The molecule has 1 unspecified atom stereocenters. The summed E-state index contributed by atoms with van der Waals surface area (Å²) < 4.78 is 0. The monoisotopic (exact) mass is 230 g/mol. The van der Waals surface area contributed by atoms with Crippen LogP contribution in [0.5, 0.6) is 0 Å².